The summed E-state index contributed by atoms with van der Waals surface area (Å²) in [6.07, 6.45) is -0.122. The number of carboxylic acid groups (broad SMARTS) is 1. The Morgan fingerprint density at radius 1 is 1.33 bits per heavy atom. The lowest BCUT2D eigenvalue weighted by molar-refractivity contribution is -0.136. The van der Waals surface area contributed by atoms with E-state index in [0.29, 0.717) is 5.69 Å². The summed E-state index contributed by atoms with van der Waals surface area (Å²) in [5.74, 6) is -0.0275. The van der Waals surface area contributed by atoms with Crippen molar-refractivity contribution in [2.75, 3.05) is 11.9 Å². The fraction of sp³-hybridized carbons (Fsp3) is 0.400. The fourth-order valence-electron chi connectivity index (χ4n) is 2.15. The van der Waals surface area contributed by atoms with Crippen LogP contribution in [0.2, 0.25) is 0 Å². The first-order chi connectivity index (χ1) is 11.4. The Morgan fingerprint density at radius 3 is 2.71 bits per heavy atom. The standard InChI is InChI=1S/C15H20N6O3/c1-9(2)14-18-19-20-21(14)12-5-4-11(8-10(12)3)17-15(24)16-7-6-13(22)23/h4-5,8-9H,6-7H2,1-3H3,(H,22,23)(H2,16,17,24). The Labute approximate surface area is 139 Å². The van der Waals surface area contributed by atoms with Crippen LogP contribution in [0.4, 0.5) is 10.5 Å². The van der Waals surface area contributed by atoms with E-state index >= 15 is 0 Å². The van der Waals surface area contributed by atoms with Gasteiger partial charge in [0.2, 0.25) is 0 Å². The second-order valence-electron chi connectivity index (χ2n) is 5.63. The van der Waals surface area contributed by atoms with E-state index in [1.807, 2.05) is 26.8 Å². The molecule has 128 valence electrons. The number of urea groups is 1. The average Bonchev–Trinajstić information content (AvgIpc) is 2.96. The highest BCUT2D eigenvalue weighted by Gasteiger charge is 2.14. The lowest BCUT2D eigenvalue weighted by Crippen LogP contribution is -2.30. The first-order valence-electron chi connectivity index (χ1n) is 7.54. The van der Waals surface area contributed by atoms with Crippen LogP contribution in [0, 0.1) is 6.92 Å². The maximum Gasteiger partial charge on any atom is 0.319 e. The summed E-state index contributed by atoms with van der Waals surface area (Å²) in [5.41, 5.74) is 2.33. The summed E-state index contributed by atoms with van der Waals surface area (Å²) in [4.78, 5) is 22.1. The molecule has 0 aliphatic heterocycles. The molecule has 2 rings (SSSR count). The molecule has 9 nitrogen and oxygen atoms in total. The quantitative estimate of drug-likeness (QED) is 0.740. The van der Waals surface area contributed by atoms with E-state index in [4.69, 9.17) is 5.11 Å². The Bertz CT molecular complexity index is 741. The van der Waals surface area contributed by atoms with E-state index in [9.17, 15) is 9.59 Å². The summed E-state index contributed by atoms with van der Waals surface area (Å²) >= 11 is 0. The number of carbonyl (C=O) groups is 2. The molecule has 1 aromatic heterocycles. The second-order valence-corrected chi connectivity index (χ2v) is 5.63. The van der Waals surface area contributed by atoms with E-state index in [2.05, 4.69) is 26.2 Å². The molecule has 0 saturated carbocycles. The number of hydrogen-bond acceptors (Lipinski definition) is 5. The van der Waals surface area contributed by atoms with Crippen molar-refractivity contribution < 1.29 is 14.7 Å². The molecule has 0 aliphatic rings. The molecule has 0 atom stereocenters. The molecule has 2 amide bonds. The SMILES string of the molecule is Cc1cc(NC(=O)NCCC(=O)O)ccc1-n1nnnc1C(C)C. The third-order valence-corrected chi connectivity index (χ3v) is 3.32. The number of tetrazole rings is 1. The normalized spacial score (nSPS) is 10.7. The lowest BCUT2D eigenvalue weighted by atomic mass is 10.1. The number of anilines is 1. The minimum Gasteiger partial charge on any atom is -0.481 e. The molecule has 24 heavy (non-hydrogen) atoms. The molecule has 9 heteroatoms. The third-order valence-electron chi connectivity index (χ3n) is 3.32. The number of rotatable bonds is 6. The monoisotopic (exact) mass is 332 g/mol. The van der Waals surface area contributed by atoms with Crippen LogP contribution in [0.3, 0.4) is 0 Å². The molecule has 0 bridgehead atoms. The Kier molecular flexibility index (Phi) is 5.46. The van der Waals surface area contributed by atoms with Gasteiger partial charge in [0, 0.05) is 18.2 Å². The van der Waals surface area contributed by atoms with Crippen molar-refractivity contribution in [1.82, 2.24) is 25.5 Å². The van der Waals surface area contributed by atoms with Crippen molar-refractivity contribution in [2.24, 2.45) is 0 Å². The van der Waals surface area contributed by atoms with Crippen LogP contribution < -0.4 is 10.6 Å². The van der Waals surface area contributed by atoms with Crippen LogP contribution in [-0.4, -0.2) is 43.9 Å². The number of carboxylic acids is 1. The fourth-order valence-corrected chi connectivity index (χ4v) is 2.15. The maximum atomic E-state index is 11.7. The first-order valence-corrected chi connectivity index (χ1v) is 7.54. The van der Waals surface area contributed by atoms with Gasteiger partial charge < -0.3 is 15.7 Å². The molecule has 0 fully saturated rings. The largest absolute Gasteiger partial charge is 0.481 e. The molecule has 0 saturated heterocycles. The Morgan fingerprint density at radius 2 is 2.08 bits per heavy atom. The summed E-state index contributed by atoms with van der Waals surface area (Å²) in [6.45, 7) is 5.99. The van der Waals surface area contributed by atoms with Gasteiger partial charge in [0.05, 0.1) is 12.1 Å². The van der Waals surface area contributed by atoms with Gasteiger partial charge >= 0.3 is 12.0 Å². The van der Waals surface area contributed by atoms with Gasteiger partial charge in [0.25, 0.3) is 0 Å². The predicted molar refractivity (Wildman–Crippen MR) is 87.3 cm³/mol. The molecule has 2 aromatic rings. The highest BCUT2D eigenvalue weighted by molar-refractivity contribution is 5.89. The van der Waals surface area contributed by atoms with Gasteiger partial charge in [0.1, 0.15) is 0 Å². The molecular weight excluding hydrogens is 312 g/mol. The highest BCUT2D eigenvalue weighted by atomic mass is 16.4. The molecule has 0 radical (unpaired) electrons. The topological polar surface area (TPSA) is 122 Å². The van der Waals surface area contributed by atoms with Crippen molar-refractivity contribution >= 4 is 17.7 Å². The number of aryl methyl sites for hydroxylation is 1. The number of nitrogens with zero attached hydrogens (tertiary/aromatic N) is 4. The van der Waals surface area contributed by atoms with Gasteiger partial charge in [-0.15, -0.1) is 5.10 Å². The van der Waals surface area contributed by atoms with E-state index in [1.54, 1.807) is 16.8 Å². The van der Waals surface area contributed by atoms with Crippen molar-refractivity contribution in [3.05, 3.63) is 29.6 Å². The zero-order chi connectivity index (χ0) is 17.7. The van der Waals surface area contributed by atoms with Gasteiger partial charge in [-0.25, -0.2) is 4.79 Å². The predicted octanol–water partition coefficient (Wildman–Crippen LogP) is 1.69. The molecule has 1 aromatic carbocycles. The second kappa shape index (κ2) is 7.53. The Balaban J connectivity index is 2.08. The molecule has 0 spiro atoms. The van der Waals surface area contributed by atoms with Gasteiger partial charge in [-0.3, -0.25) is 4.79 Å². The number of amides is 2. The number of carbonyl (C=O) groups excluding carboxylic acids is 1. The van der Waals surface area contributed by atoms with Crippen molar-refractivity contribution in [3.8, 4) is 5.69 Å². The van der Waals surface area contributed by atoms with Crippen LogP contribution in [-0.2, 0) is 4.79 Å². The third kappa shape index (κ3) is 4.28. The number of hydrogen-bond donors (Lipinski definition) is 3. The molecular formula is C15H20N6O3. The summed E-state index contributed by atoms with van der Waals surface area (Å²) in [7, 11) is 0. The smallest absolute Gasteiger partial charge is 0.319 e. The van der Waals surface area contributed by atoms with Crippen LogP contribution in [0.15, 0.2) is 18.2 Å². The maximum absolute atomic E-state index is 11.7. The Hall–Kier alpha value is -2.97. The number of benzene rings is 1. The van der Waals surface area contributed by atoms with Crippen LogP contribution in [0.25, 0.3) is 5.69 Å². The molecule has 3 N–H and O–H groups in total. The summed E-state index contributed by atoms with van der Waals surface area (Å²) in [6, 6.07) is 4.92. The minimum atomic E-state index is -0.960. The van der Waals surface area contributed by atoms with Crippen molar-refractivity contribution in [2.45, 2.75) is 33.1 Å². The molecule has 0 unspecified atom stereocenters. The average molecular weight is 332 g/mol. The van der Waals surface area contributed by atoms with Gasteiger partial charge in [-0.2, -0.15) is 4.68 Å². The zero-order valence-electron chi connectivity index (χ0n) is 13.8. The van der Waals surface area contributed by atoms with E-state index in [-0.39, 0.29) is 18.9 Å². The van der Waals surface area contributed by atoms with Crippen LogP contribution in [0.1, 0.15) is 37.6 Å². The van der Waals surface area contributed by atoms with Crippen molar-refractivity contribution in [1.29, 1.82) is 0 Å². The van der Waals surface area contributed by atoms with Crippen LogP contribution >= 0.6 is 0 Å². The van der Waals surface area contributed by atoms with Gasteiger partial charge in [-0.1, -0.05) is 13.8 Å². The molecule has 1 heterocycles. The van der Waals surface area contributed by atoms with E-state index < -0.39 is 12.0 Å². The lowest BCUT2D eigenvalue weighted by Gasteiger charge is -2.12. The minimum absolute atomic E-state index is 0.0700. The molecule has 0 aliphatic carbocycles. The first kappa shape index (κ1) is 17.4. The zero-order valence-corrected chi connectivity index (χ0v) is 13.8. The number of aromatic nitrogens is 4. The van der Waals surface area contributed by atoms with E-state index in [1.165, 1.54) is 0 Å². The van der Waals surface area contributed by atoms with Gasteiger partial charge in [-0.05, 0) is 41.1 Å². The highest BCUT2D eigenvalue weighted by Crippen LogP contribution is 2.21. The summed E-state index contributed by atoms with van der Waals surface area (Å²) < 4.78 is 1.68. The summed E-state index contributed by atoms with van der Waals surface area (Å²) in [5, 5.41) is 25.4. The van der Waals surface area contributed by atoms with Crippen LogP contribution in [0.5, 0.6) is 0 Å². The van der Waals surface area contributed by atoms with Gasteiger partial charge in [0.15, 0.2) is 5.82 Å². The number of aliphatic carboxylic acids is 1. The van der Waals surface area contributed by atoms with E-state index in [0.717, 1.165) is 17.1 Å². The number of nitrogens with one attached hydrogen (secondary N) is 2. The van der Waals surface area contributed by atoms with Crippen molar-refractivity contribution in [3.63, 3.8) is 0 Å².